The summed E-state index contributed by atoms with van der Waals surface area (Å²) in [5.41, 5.74) is 0.664. The maximum atomic E-state index is 7.00. The Morgan fingerprint density at radius 3 is 2.67 bits per heavy atom. The summed E-state index contributed by atoms with van der Waals surface area (Å²) in [5.74, 6) is 0.690. The summed E-state index contributed by atoms with van der Waals surface area (Å²) in [6.45, 7) is 1.77. The van der Waals surface area contributed by atoms with Crippen LogP contribution in [0.2, 0.25) is 0 Å². The molecule has 0 bridgehead atoms. The van der Waals surface area contributed by atoms with Crippen molar-refractivity contribution < 1.29 is 4.42 Å². The van der Waals surface area contributed by atoms with Gasteiger partial charge >= 0.3 is 0 Å². The molecule has 0 fully saturated rings. The van der Waals surface area contributed by atoms with Gasteiger partial charge in [0, 0.05) is 0 Å². The molecule has 3 heteroatoms. The standard InChI is InChI=1S/C6H6ClNO/c1-4-5(6(7)8)2-3-9-4/h2-3,8H,1H3. The largest absolute Gasteiger partial charge is 0.469 e. The summed E-state index contributed by atoms with van der Waals surface area (Å²) in [6.07, 6.45) is 1.52. The fraction of sp³-hybridized carbons (Fsp3) is 0.167. The zero-order valence-corrected chi connectivity index (χ0v) is 5.70. The summed E-state index contributed by atoms with van der Waals surface area (Å²) in [6, 6.07) is 1.67. The number of halogens is 1. The molecule has 1 N–H and O–H groups in total. The summed E-state index contributed by atoms with van der Waals surface area (Å²) in [5, 5.41) is 7.03. The molecule has 1 aromatic rings. The van der Waals surface area contributed by atoms with E-state index in [0.717, 1.165) is 0 Å². The van der Waals surface area contributed by atoms with E-state index >= 15 is 0 Å². The smallest absolute Gasteiger partial charge is 0.131 e. The molecule has 1 heterocycles. The Balaban J connectivity index is 3.08. The summed E-state index contributed by atoms with van der Waals surface area (Å²) >= 11 is 5.37. The van der Waals surface area contributed by atoms with Crippen LogP contribution in [-0.2, 0) is 0 Å². The van der Waals surface area contributed by atoms with Gasteiger partial charge in [-0.15, -0.1) is 0 Å². The highest BCUT2D eigenvalue weighted by atomic mass is 35.5. The van der Waals surface area contributed by atoms with E-state index in [9.17, 15) is 0 Å². The first-order chi connectivity index (χ1) is 4.22. The van der Waals surface area contributed by atoms with Crippen LogP contribution < -0.4 is 0 Å². The van der Waals surface area contributed by atoms with Gasteiger partial charge in [0.05, 0.1) is 11.8 Å². The van der Waals surface area contributed by atoms with Gasteiger partial charge in [0.2, 0.25) is 0 Å². The van der Waals surface area contributed by atoms with Gasteiger partial charge in [0.1, 0.15) is 10.9 Å². The first-order valence-corrected chi connectivity index (χ1v) is 2.88. The minimum Gasteiger partial charge on any atom is -0.469 e. The van der Waals surface area contributed by atoms with Crippen LogP contribution >= 0.6 is 11.6 Å². The van der Waals surface area contributed by atoms with Crippen molar-refractivity contribution in [3.63, 3.8) is 0 Å². The number of rotatable bonds is 1. The Kier molecular flexibility index (Phi) is 1.58. The van der Waals surface area contributed by atoms with Crippen LogP contribution in [0.4, 0.5) is 0 Å². The molecule has 1 aromatic heterocycles. The molecule has 0 unspecified atom stereocenters. The lowest BCUT2D eigenvalue weighted by molar-refractivity contribution is 0.533. The van der Waals surface area contributed by atoms with Crippen molar-refractivity contribution in [1.82, 2.24) is 0 Å². The van der Waals surface area contributed by atoms with Crippen molar-refractivity contribution in [1.29, 1.82) is 5.41 Å². The summed E-state index contributed by atoms with van der Waals surface area (Å²) < 4.78 is 4.90. The molecular weight excluding hydrogens is 138 g/mol. The highest BCUT2D eigenvalue weighted by molar-refractivity contribution is 6.68. The normalized spacial score (nSPS) is 9.56. The van der Waals surface area contributed by atoms with Crippen molar-refractivity contribution in [3.8, 4) is 0 Å². The van der Waals surface area contributed by atoms with Crippen LogP contribution in [0.5, 0.6) is 0 Å². The highest BCUT2D eigenvalue weighted by Crippen LogP contribution is 2.10. The maximum absolute atomic E-state index is 7.00. The lowest BCUT2D eigenvalue weighted by atomic mass is 10.3. The molecule has 2 nitrogen and oxygen atoms in total. The number of hydrogen-bond acceptors (Lipinski definition) is 2. The topological polar surface area (TPSA) is 37.0 Å². The first-order valence-electron chi connectivity index (χ1n) is 2.50. The van der Waals surface area contributed by atoms with E-state index in [4.69, 9.17) is 21.4 Å². The van der Waals surface area contributed by atoms with Crippen molar-refractivity contribution in [2.45, 2.75) is 6.92 Å². The molecule has 0 radical (unpaired) electrons. The van der Waals surface area contributed by atoms with Gasteiger partial charge in [-0.05, 0) is 13.0 Å². The monoisotopic (exact) mass is 143 g/mol. The van der Waals surface area contributed by atoms with Crippen molar-refractivity contribution in [2.24, 2.45) is 0 Å². The van der Waals surface area contributed by atoms with Crippen molar-refractivity contribution in [2.75, 3.05) is 0 Å². The molecule has 0 aliphatic heterocycles. The van der Waals surface area contributed by atoms with Gasteiger partial charge in [-0.25, -0.2) is 0 Å². The van der Waals surface area contributed by atoms with Crippen molar-refractivity contribution >= 4 is 16.8 Å². The molecule has 0 saturated carbocycles. The molecule has 0 saturated heterocycles. The predicted octanol–water partition coefficient (Wildman–Crippen LogP) is 2.15. The fourth-order valence-corrected chi connectivity index (χ4v) is 0.809. The summed E-state index contributed by atoms with van der Waals surface area (Å²) in [7, 11) is 0. The Labute approximate surface area is 57.9 Å². The third-order valence-electron chi connectivity index (χ3n) is 1.10. The van der Waals surface area contributed by atoms with Gasteiger partial charge in [-0.1, -0.05) is 11.6 Å². The lowest BCUT2D eigenvalue weighted by Crippen LogP contribution is -1.86. The van der Waals surface area contributed by atoms with E-state index in [1.807, 2.05) is 0 Å². The third-order valence-corrected chi connectivity index (χ3v) is 1.30. The second kappa shape index (κ2) is 2.23. The van der Waals surface area contributed by atoms with Gasteiger partial charge in [0.25, 0.3) is 0 Å². The second-order valence-electron chi connectivity index (χ2n) is 1.70. The minimum atomic E-state index is 0.0289. The van der Waals surface area contributed by atoms with Gasteiger partial charge in [-0.2, -0.15) is 0 Å². The fourth-order valence-electron chi connectivity index (χ4n) is 0.613. The SMILES string of the molecule is Cc1occc1C(=N)Cl. The molecule has 0 aliphatic carbocycles. The number of furan rings is 1. The average Bonchev–Trinajstić information content (AvgIpc) is 2.13. The quantitative estimate of drug-likeness (QED) is 0.601. The van der Waals surface area contributed by atoms with E-state index in [1.54, 1.807) is 13.0 Å². The van der Waals surface area contributed by atoms with E-state index in [2.05, 4.69) is 0 Å². The number of hydrogen-bond donors (Lipinski definition) is 1. The molecule has 48 valence electrons. The molecule has 0 spiro atoms. The van der Waals surface area contributed by atoms with Gasteiger partial charge in [-0.3, -0.25) is 5.41 Å². The Morgan fingerprint density at radius 1 is 1.78 bits per heavy atom. The summed E-state index contributed by atoms with van der Waals surface area (Å²) in [4.78, 5) is 0. The van der Waals surface area contributed by atoms with E-state index in [0.29, 0.717) is 11.3 Å². The predicted molar refractivity (Wildman–Crippen MR) is 36.1 cm³/mol. The van der Waals surface area contributed by atoms with Gasteiger partial charge < -0.3 is 4.42 Å². The first kappa shape index (κ1) is 6.36. The average molecular weight is 144 g/mol. The zero-order chi connectivity index (χ0) is 6.85. The van der Waals surface area contributed by atoms with Crippen LogP contribution in [-0.4, -0.2) is 5.17 Å². The van der Waals surface area contributed by atoms with Crippen LogP contribution in [0, 0.1) is 12.3 Å². The molecule has 9 heavy (non-hydrogen) atoms. The molecule has 1 rings (SSSR count). The highest BCUT2D eigenvalue weighted by Gasteiger charge is 2.02. The molecule has 0 aromatic carbocycles. The Bertz CT molecular complexity index is 229. The van der Waals surface area contributed by atoms with Crippen LogP contribution in [0.1, 0.15) is 11.3 Å². The maximum Gasteiger partial charge on any atom is 0.131 e. The van der Waals surface area contributed by atoms with Crippen LogP contribution in [0.3, 0.4) is 0 Å². The van der Waals surface area contributed by atoms with E-state index in [-0.39, 0.29) is 5.17 Å². The molecule has 0 aliphatic rings. The van der Waals surface area contributed by atoms with Crippen molar-refractivity contribution in [3.05, 3.63) is 23.7 Å². The van der Waals surface area contributed by atoms with Gasteiger partial charge in [0.15, 0.2) is 0 Å². The number of nitrogens with one attached hydrogen (secondary N) is 1. The van der Waals surface area contributed by atoms with E-state index < -0.39 is 0 Å². The molecule has 0 amide bonds. The second-order valence-corrected chi connectivity index (χ2v) is 2.08. The lowest BCUT2D eigenvalue weighted by Gasteiger charge is -1.87. The Morgan fingerprint density at radius 2 is 2.44 bits per heavy atom. The van der Waals surface area contributed by atoms with Crippen LogP contribution in [0.25, 0.3) is 0 Å². The minimum absolute atomic E-state index is 0.0289. The van der Waals surface area contributed by atoms with Crippen LogP contribution in [0.15, 0.2) is 16.7 Å². The zero-order valence-electron chi connectivity index (χ0n) is 4.94. The number of aryl methyl sites for hydroxylation is 1. The molecular formula is C6H6ClNO. The Hall–Kier alpha value is -0.760. The van der Waals surface area contributed by atoms with E-state index in [1.165, 1.54) is 6.26 Å². The third kappa shape index (κ3) is 1.13. The molecule has 0 atom stereocenters.